The van der Waals surface area contributed by atoms with Gasteiger partial charge < -0.3 is 0 Å². The summed E-state index contributed by atoms with van der Waals surface area (Å²) in [4.78, 5) is 44.4. The molecule has 2 atom stereocenters. The normalized spacial score (nSPS) is 19.5. The molecule has 11 nitrogen and oxygen atoms in total. The van der Waals surface area contributed by atoms with Gasteiger partial charge in [0.05, 0.1) is 7.11 Å². The maximum absolute atomic E-state index is 15.3. The first-order valence-corrected chi connectivity index (χ1v) is 14.3. The number of hydrogen-bond acceptors (Lipinski definition) is 9. The molecule has 40 heavy (non-hydrogen) atoms. The number of hydrogen-bond donors (Lipinski definition) is 0. The Morgan fingerprint density at radius 2 is 2.08 bits per heavy atom. The summed E-state index contributed by atoms with van der Waals surface area (Å²) in [5.74, 6) is -2.71. The van der Waals surface area contributed by atoms with Crippen molar-refractivity contribution in [3.63, 3.8) is 0 Å². The van der Waals surface area contributed by atoms with Crippen LogP contribution in [0.2, 0.25) is 0 Å². The van der Waals surface area contributed by atoms with Gasteiger partial charge in [-0.1, -0.05) is 0 Å². The Hall–Kier alpha value is -4.00. The average Bonchev–Trinajstić information content (AvgIpc) is 3.13. The van der Waals surface area contributed by atoms with E-state index in [1.807, 2.05) is 6.07 Å². The summed E-state index contributed by atoms with van der Waals surface area (Å²) in [6, 6.07) is 6.74. The van der Waals surface area contributed by atoms with Gasteiger partial charge in [-0.25, -0.2) is 0 Å². The van der Waals surface area contributed by atoms with E-state index in [0.717, 1.165) is 17.6 Å². The van der Waals surface area contributed by atoms with Crippen LogP contribution in [0.4, 0.5) is 13.6 Å². The van der Waals surface area contributed by atoms with Crippen LogP contribution < -0.4 is 19.6 Å². The second kappa shape index (κ2) is 10.5. The molecule has 1 amide bonds. The van der Waals surface area contributed by atoms with E-state index >= 15 is 4.39 Å². The molecule has 3 aliphatic heterocycles. The Morgan fingerprint density at radius 3 is 2.90 bits per heavy atom. The number of ether oxygens (including phenoxy) is 4. The second-order valence-corrected chi connectivity index (χ2v) is 11.1. The fourth-order valence-electron chi connectivity index (χ4n) is 5.16. The molecule has 3 aromatic rings. The molecule has 0 aliphatic carbocycles. The van der Waals surface area contributed by atoms with Crippen LogP contribution in [0.5, 0.6) is 5.75 Å². The van der Waals surface area contributed by atoms with Gasteiger partial charge >= 0.3 is 225 Å². The predicted molar refractivity (Wildman–Crippen MR) is 135 cm³/mol. The molecule has 0 radical (unpaired) electrons. The van der Waals surface area contributed by atoms with Crippen LogP contribution in [0.15, 0.2) is 47.5 Å². The molecular weight excluding hydrogens is 597 g/mol. The van der Waals surface area contributed by atoms with Crippen molar-refractivity contribution < 1.29 is 37.3 Å². The number of benzene rings is 1. The van der Waals surface area contributed by atoms with Gasteiger partial charge in [-0.3, -0.25) is 0 Å². The number of aromatic nitrogens is 2. The molecule has 0 spiro atoms. The van der Waals surface area contributed by atoms with Gasteiger partial charge in [0.25, 0.3) is 0 Å². The Bertz CT molecular complexity index is 1570. The van der Waals surface area contributed by atoms with E-state index in [-0.39, 0.29) is 51.7 Å². The zero-order chi connectivity index (χ0) is 28.0. The number of carbonyl (C=O) groups is 2. The Morgan fingerprint density at radius 1 is 1.23 bits per heavy atom. The minimum absolute atomic E-state index is 0.113. The molecule has 0 bridgehead atoms. The summed E-state index contributed by atoms with van der Waals surface area (Å²) in [6.45, 7) is -0.102. The summed E-state index contributed by atoms with van der Waals surface area (Å²) in [6.07, 6.45) is 1.34. The summed E-state index contributed by atoms with van der Waals surface area (Å²) in [7, 11) is 1.12. The van der Waals surface area contributed by atoms with Crippen molar-refractivity contribution >= 4 is 31.5 Å². The topological polar surface area (TPSA) is 112 Å². The number of amides is 1. The van der Waals surface area contributed by atoms with Crippen molar-refractivity contribution in [1.29, 1.82) is 0 Å². The van der Waals surface area contributed by atoms with Crippen molar-refractivity contribution in [3.05, 3.63) is 87.1 Å². The van der Waals surface area contributed by atoms with Gasteiger partial charge in [-0.05, 0) is 0 Å². The van der Waals surface area contributed by atoms with Crippen molar-refractivity contribution in [3.8, 4) is 5.75 Å². The van der Waals surface area contributed by atoms with Crippen LogP contribution in [0, 0.1) is 11.6 Å². The van der Waals surface area contributed by atoms with Crippen molar-refractivity contribution in [1.82, 2.24) is 14.6 Å². The molecule has 0 unspecified atom stereocenters. The first-order valence-electron chi connectivity index (χ1n) is 12.2. The predicted octanol–water partition coefficient (Wildman–Crippen LogP) is 1.02. The Labute approximate surface area is 232 Å². The van der Waals surface area contributed by atoms with Crippen LogP contribution in [0.1, 0.15) is 33.4 Å². The molecule has 2 aromatic heterocycles. The number of methoxy groups -OCH3 is 1. The number of morpholine rings is 1. The van der Waals surface area contributed by atoms with E-state index in [1.165, 1.54) is 23.0 Å². The number of nitrogens with zero attached hydrogens (tertiary/aromatic N) is 4. The van der Waals surface area contributed by atoms with Gasteiger partial charge in [0.15, 0.2) is 0 Å². The van der Waals surface area contributed by atoms with E-state index in [4.69, 9.17) is 14.2 Å². The minimum atomic E-state index is -1.03. The fraction of sp³-hybridized carbons (Fsp3) is 0.308. The molecule has 5 heterocycles. The van der Waals surface area contributed by atoms with Gasteiger partial charge in [-0.2, -0.15) is 0 Å². The maximum atomic E-state index is 15.3. The fourth-order valence-corrected chi connectivity index (χ4v) is 7.43. The van der Waals surface area contributed by atoms with E-state index < -0.39 is 48.1 Å². The molecule has 0 saturated carbocycles. The van der Waals surface area contributed by atoms with Crippen LogP contribution in [0.25, 0.3) is 0 Å². The van der Waals surface area contributed by atoms with Gasteiger partial charge in [0.1, 0.15) is 0 Å². The van der Waals surface area contributed by atoms with Gasteiger partial charge in [0.2, 0.25) is 0 Å². The van der Waals surface area contributed by atoms with Crippen molar-refractivity contribution in [2.24, 2.45) is 0 Å². The molecule has 14 heteroatoms. The number of pyridine rings is 2. The van der Waals surface area contributed by atoms with Gasteiger partial charge in [-0.15, -0.1) is 0 Å². The zero-order valence-electron chi connectivity index (χ0n) is 21.0. The van der Waals surface area contributed by atoms with Gasteiger partial charge in [0, 0.05) is 0 Å². The van der Waals surface area contributed by atoms with E-state index in [2.05, 4.69) is 9.72 Å². The number of halogens is 2. The Balaban J connectivity index is 1.58. The summed E-state index contributed by atoms with van der Waals surface area (Å²) in [5, 5.41) is 2.09. The third-order valence-corrected chi connectivity index (χ3v) is 9.21. The van der Waals surface area contributed by atoms with Crippen molar-refractivity contribution in [2.45, 2.75) is 17.5 Å². The standard InChI is InChI=1S/C26H22F2N4O7Se/c1-36-26(35)39-13-38-24-17(33)6-8-31-23(24)25(34)30-9-10-37-11-19(30)32(31)22-14-4-5-16(27)20(28)15(14)12-40-18-3-2-7-29-21(18)22/h2-8,19,22H,9-13H2,1H3/t19-,22-/m1/s1. The third kappa shape index (κ3) is 4.28. The molecule has 1 saturated heterocycles. The second-order valence-electron chi connectivity index (χ2n) is 9.00. The molecule has 1 aromatic carbocycles. The first kappa shape index (κ1) is 26.2. The number of carbonyl (C=O) groups excluding carboxylic acids is 2. The molecule has 1 fully saturated rings. The number of fused-ring (bicyclic) bond motifs is 4. The SMILES string of the molecule is COC(=O)OCOc1c2n(ccc1=O)N([C@@H]1c3ccc(F)c(F)c3C[Se]c3cccnc31)[C@@H]1COCCN1C2=O. The molecular formula is C26H22F2N4O7Se. The van der Waals surface area contributed by atoms with Crippen LogP contribution >= 0.6 is 0 Å². The number of rotatable bonds is 4. The summed E-state index contributed by atoms with van der Waals surface area (Å²) < 4.78 is 52.5. The summed E-state index contributed by atoms with van der Waals surface area (Å²) in [5.41, 5.74) is 0.604. The first-order chi connectivity index (χ1) is 19.4. The third-order valence-electron chi connectivity index (χ3n) is 6.92. The summed E-state index contributed by atoms with van der Waals surface area (Å²) >= 11 is -0.262. The Kier molecular flexibility index (Phi) is 6.90. The molecule has 0 N–H and O–H groups in total. The van der Waals surface area contributed by atoms with Crippen LogP contribution in [-0.4, -0.2) is 81.4 Å². The monoisotopic (exact) mass is 620 g/mol. The van der Waals surface area contributed by atoms with E-state index in [0.29, 0.717) is 16.6 Å². The quantitative estimate of drug-likeness (QED) is 0.240. The molecule has 3 aliphatic rings. The van der Waals surface area contributed by atoms with Crippen LogP contribution in [-0.2, 0) is 19.5 Å². The molecule has 6 rings (SSSR count). The van der Waals surface area contributed by atoms with Crippen LogP contribution in [0.3, 0.4) is 0 Å². The van der Waals surface area contributed by atoms with E-state index in [1.54, 1.807) is 22.2 Å². The molecule has 208 valence electrons. The van der Waals surface area contributed by atoms with E-state index in [9.17, 15) is 18.8 Å². The average molecular weight is 619 g/mol. The zero-order valence-corrected chi connectivity index (χ0v) is 22.8. The van der Waals surface area contributed by atoms with Crippen molar-refractivity contribution in [2.75, 3.05) is 38.7 Å².